The highest BCUT2D eigenvalue weighted by atomic mass is 32.2. The van der Waals surface area contributed by atoms with Gasteiger partial charge in [0.05, 0.1) is 11.4 Å². The maximum Gasteiger partial charge on any atom is 0.325 e. The quantitative estimate of drug-likeness (QED) is 0.648. The molecule has 1 aliphatic rings. The Hall–Kier alpha value is -3.05. The molecule has 0 saturated carbocycles. The number of hydrogen-bond acceptors (Lipinski definition) is 5. The van der Waals surface area contributed by atoms with Crippen LogP contribution in [0.1, 0.15) is 12.5 Å². The Kier molecular flexibility index (Phi) is 6.01. The molecule has 0 aliphatic carbocycles. The number of amides is 3. The maximum absolute atomic E-state index is 13.6. The van der Waals surface area contributed by atoms with E-state index in [1.165, 1.54) is 51.4 Å². The predicted octanol–water partition coefficient (Wildman–Crippen LogP) is 2.06. The lowest BCUT2D eigenvalue weighted by atomic mass is 9.92. The number of benzene rings is 2. The van der Waals surface area contributed by atoms with Crippen LogP contribution in [0.15, 0.2) is 47.4 Å². The number of halogens is 2. The van der Waals surface area contributed by atoms with E-state index in [2.05, 4.69) is 5.32 Å². The first-order chi connectivity index (χ1) is 14.5. The van der Waals surface area contributed by atoms with E-state index in [9.17, 15) is 26.8 Å². The van der Waals surface area contributed by atoms with Gasteiger partial charge >= 0.3 is 6.03 Å². The molecule has 2 aromatic rings. The minimum absolute atomic E-state index is 0.0488. The number of imide groups is 1. The Morgan fingerprint density at radius 2 is 1.71 bits per heavy atom. The van der Waals surface area contributed by atoms with Crippen molar-refractivity contribution in [2.75, 3.05) is 27.2 Å². The summed E-state index contributed by atoms with van der Waals surface area (Å²) in [7, 11) is -0.720. The van der Waals surface area contributed by atoms with E-state index >= 15 is 0 Å². The zero-order valence-electron chi connectivity index (χ0n) is 17.1. The predicted molar refractivity (Wildman–Crippen MR) is 107 cm³/mol. The summed E-state index contributed by atoms with van der Waals surface area (Å²) in [4.78, 5) is 26.1. The fourth-order valence-corrected chi connectivity index (χ4v) is 3.98. The Labute approximate surface area is 178 Å². The van der Waals surface area contributed by atoms with Gasteiger partial charge in [-0.05, 0) is 48.9 Å². The molecule has 1 unspecified atom stereocenters. The normalized spacial score (nSPS) is 19.1. The lowest BCUT2D eigenvalue weighted by Gasteiger charge is -2.22. The number of rotatable bonds is 7. The Morgan fingerprint density at radius 3 is 2.29 bits per heavy atom. The van der Waals surface area contributed by atoms with Crippen molar-refractivity contribution in [2.24, 2.45) is 0 Å². The van der Waals surface area contributed by atoms with Crippen LogP contribution >= 0.6 is 0 Å². The molecule has 0 aromatic heterocycles. The number of carbonyl (C=O) groups is 2. The third-order valence-corrected chi connectivity index (χ3v) is 6.79. The Morgan fingerprint density at radius 1 is 1.06 bits per heavy atom. The highest BCUT2D eigenvalue weighted by Crippen LogP contribution is 2.29. The van der Waals surface area contributed by atoms with Gasteiger partial charge in [0.1, 0.15) is 17.9 Å². The molecule has 1 fully saturated rings. The average Bonchev–Trinajstić information content (AvgIpc) is 2.94. The minimum atomic E-state index is -3.57. The van der Waals surface area contributed by atoms with Crippen molar-refractivity contribution >= 4 is 22.0 Å². The summed E-state index contributed by atoms with van der Waals surface area (Å²) >= 11 is 0. The first-order valence-electron chi connectivity index (χ1n) is 9.22. The van der Waals surface area contributed by atoms with Gasteiger partial charge < -0.3 is 10.1 Å². The van der Waals surface area contributed by atoms with Gasteiger partial charge in [0.2, 0.25) is 10.0 Å². The van der Waals surface area contributed by atoms with Crippen molar-refractivity contribution in [1.29, 1.82) is 0 Å². The number of urea groups is 1. The highest BCUT2D eigenvalue weighted by molar-refractivity contribution is 7.89. The van der Waals surface area contributed by atoms with Crippen molar-refractivity contribution < 1.29 is 31.5 Å². The van der Waals surface area contributed by atoms with Crippen LogP contribution < -0.4 is 10.1 Å². The number of hydrogen-bond donors (Lipinski definition) is 1. The van der Waals surface area contributed by atoms with E-state index in [1.54, 1.807) is 0 Å². The van der Waals surface area contributed by atoms with E-state index in [-0.39, 0.29) is 23.6 Å². The minimum Gasteiger partial charge on any atom is -0.492 e. The van der Waals surface area contributed by atoms with Crippen molar-refractivity contribution in [3.8, 4) is 5.75 Å². The summed E-state index contributed by atoms with van der Waals surface area (Å²) in [5.74, 6) is -2.45. The second-order valence-corrected chi connectivity index (χ2v) is 9.40. The average molecular weight is 453 g/mol. The molecular formula is C20H21F2N3O5S. The van der Waals surface area contributed by atoms with Crippen molar-refractivity contribution in [3.05, 3.63) is 59.7 Å². The summed E-state index contributed by atoms with van der Waals surface area (Å²) in [6, 6.07) is 8.02. The number of nitrogens with one attached hydrogen (secondary N) is 1. The molecule has 31 heavy (non-hydrogen) atoms. The van der Waals surface area contributed by atoms with Crippen LogP contribution in [0, 0.1) is 11.6 Å². The van der Waals surface area contributed by atoms with Gasteiger partial charge in [0, 0.05) is 14.1 Å². The SMILES string of the molecule is CN(C)S(=O)(=O)c1ccc(OCCN2C(=O)NC(C)(c3ccc(F)c(F)c3)C2=O)cc1. The standard InChI is InChI=1S/C20H21F2N3O5S/c1-20(13-4-9-16(21)17(22)12-13)18(26)25(19(27)23-20)10-11-30-14-5-7-15(8-6-14)31(28,29)24(2)3/h4-9,12H,10-11H2,1-3H3,(H,23,27). The zero-order chi connectivity index (χ0) is 23.0. The summed E-state index contributed by atoms with van der Waals surface area (Å²) < 4.78 is 57.5. The maximum atomic E-state index is 13.6. The van der Waals surface area contributed by atoms with Gasteiger partial charge in [0.25, 0.3) is 5.91 Å². The van der Waals surface area contributed by atoms with E-state index < -0.39 is 39.1 Å². The van der Waals surface area contributed by atoms with Crippen molar-refractivity contribution in [1.82, 2.24) is 14.5 Å². The molecule has 2 aromatic carbocycles. The topological polar surface area (TPSA) is 96.0 Å². The van der Waals surface area contributed by atoms with Gasteiger partial charge in [-0.15, -0.1) is 0 Å². The first-order valence-corrected chi connectivity index (χ1v) is 10.7. The molecule has 1 aliphatic heterocycles. The van der Waals surface area contributed by atoms with Crippen LogP contribution in [-0.2, 0) is 20.4 Å². The molecule has 3 rings (SSSR count). The summed E-state index contributed by atoms with van der Waals surface area (Å²) in [6.45, 7) is 1.26. The van der Waals surface area contributed by atoms with Crippen LogP contribution in [0.4, 0.5) is 13.6 Å². The van der Waals surface area contributed by atoms with E-state index in [1.807, 2.05) is 0 Å². The fourth-order valence-electron chi connectivity index (χ4n) is 3.08. The second kappa shape index (κ2) is 8.23. The first kappa shape index (κ1) is 22.6. The van der Waals surface area contributed by atoms with Crippen LogP contribution in [0.3, 0.4) is 0 Å². The van der Waals surface area contributed by atoms with Gasteiger partial charge in [-0.3, -0.25) is 9.69 Å². The molecule has 1 N–H and O–H groups in total. The molecule has 1 saturated heterocycles. The number of ether oxygens (including phenoxy) is 1. The van der Waals surface area contributed by atoms with E-state index in [0.717, 1.165) is 21.3 Å². The lowest BCUT2D eigenvalue weighted by Crippen LogP contribution is -2.41. The third kappa shape index (κ3) is 4.23. The molecule has 0 radical (unpaired) electrons. The monoisotopic (exact) mass is 453 g/mol. The van der Waals surface area contributed by atoms with Crippen LogP contribution in [0.2, 0.25) is 0 Å². The molecule has 3 amide bonds. The van der Waals surface area contributed by atoms with Gasteiger partial charge in [0.15, 0.2) is 11.6 Å². The van der Waals surface area contributed by atoms with Gasteiger partial charge in [-0.1, -0.05) is 6.07 Å². The number of carbonyl (C=O) groups excluding carboxylic acids is 2. The van der Waals surface area contributed by atoms with Gasteiger partial charge in [-0.25, -0.2) is 26.3 Å². The molecule has 1 heterocycles. The van der Waals surface area contributed by atoms with Crippen LogP contribution in [0.5, 0.6) is 5.75 Å². The largest absolute Gasteiger partial charge is 0.492 e. The Balaban J connectivity index is 1.65. The zero-order valence-corrected chi connectivity index (χ0v) is 17.9. The third-order valence-electron chi connectivity index (χ3n) is 4.96. The summed E-state index contributed by atoms with van der Waals surface area (Å²) in [5, 5.41) is 2.50. The summed E-state index contributed by atoms with van der Waals surface area (Å²) in [5.41, 5.74) is -1.42. The lowest BCUT2D eigenvalue weighted by molar-refractivity contribution is -0.131. The van der Waals surface area contributed by atoms with E-state index in [4.69, 9.17) is 4.74 Å². The molecule has 0 spiro atoms. The Bertz CT molecular complexity index is 1120. The van der Waals surface area contributed by atoms with Crippen LogP contribution in [-0.4, -0.2) is 56.8 Å². The smallest absolute Gasteiger partial charge is 0.325 e. The molecular weight excluding hydrogens is 432 g/mol. The fraction of sp³-hybridized carbons (Fsp3) is 0.300. The molecule has 1 atom stereocenters. The molecule has 166 valence electrons. The van der Waals surface area contributed by atoms with E-state index in [0.29, 0.717) is 5.75 Å². The molecule has 8 nitrogen and oxygen atoms in total. The van der Waals surface area contributed by atoms with Crippen molar-refractivity contribution in [3.63, 3.8) is 0 Å². The number of sulfonamides is 1. The summed E-state index contributed by atoms with van der Waals surface area (Å²) in [6.07, 6.45) is 0. The highest BCUT2D eigenvalue weighted by Gasteiger charge is 2.49. The van der Waals surface area contributed by atoms with Crippen molar-refractivity contribution in [2.45, 2.75) is 17.4 Å². The van der Waals surface area contributed by atoms with Crippen LogP contribution in [0.25, 0.3) is 0 Å². The molecule has 11 heteroatoms. The second-order valence-electron chi connectivity index (χ2n) is 7.25. The molecule has 0 bridgehead atoms. The number of nitrogens with zero attached hydrogens (tertiary/aromatic N) is 2. The van der Waals surface area contributed by atoms with Gasteiger partial charge in [-0.2, -0.15) is 0 Å².